The molecule has 28 heavy (non-hydrogen) atoms. The normalized spacial score (nSPS) is 18.9. The molecule has 4 rings (SSSR count). The predicted octanol–water partition coefficient (Wildman–Crippen LogP) is 4.01. The molecule has 0 saturated carbocycles. The highest BCUT2D eigenvalue weighted by Gasteiger charge is 2.27. The molecule has 1 heterocycles. The Labute approximate surface area is 164 Å². The first-order chi connectivity index (χ1) is 13.5. The highest BCUT2D eigenvalue weighted by atomic mass is 16.5. The number of methoxy groups -OCH3 is 1. The van der Waals surface area contributed by atoms with Gasteiger partial charge in [-0.25, -0.2) is 0 Å². The zero-order valence-electron chi connectivity index (χ0n) is 16.3. The van der Waals surface area contributed by atoms with E-state index in [9.17, 15) is 15.3 Å². The molecule has 1 aliphatic rings. The Kier molecular flexibility index (Phi) is 4.65. The number of aromatic hydroxyl groups is 2. The average Bonchev–Trinajstić information content (AvgIpc) is 2.67. The molecule has 1 aliphatic heterocycles. The summed E-state index contributed by atoms with van der Waals surface area (Å²) in [4.78, 5) is 0. The second-order valence-corrected chi connectivity index (χ2v) is 7.50. The number of aliphatic hydroxyl groups is 1. The first kappa shape index (κ1) is 18.6. The first-order valence-corrected chi connectivity index (χ1v) is 9.49. The van der Waals surface area contributed by atoms with Gasteiger partial charge >= 0.3 is 0 Å². The van der Waals surface area contributed by atoms with E-state index in [2.05, 4.69) is 18.3 Å². The molecule has 2 atom stereocenters. The number of nitrogens with one attached hydrogen (secondary N) is 1. The molecule has 0 amide bonds. The van der Waals surface area contributed by atoms with E-state index in [1.807, 2.05) is 19.1 Å². The molecule has 0 spiro atoms. The number of benzene rings is 3. The maximum Gasteiger partial charge on any atom is 0.130 e. The zero-order valence-corrected chi connectivity index (χ0v) is 16.3. The van der Waals surface area contributed by atoms with Gasteiger partial charge in [0.25, 0.3) is 0 Å². The minimum Gasteiger partial charge on any atom is -0.507 e. The molecule has 146 valence electrons. The number of hydrogen-bond acceptors (Lipinski definition) is 5. The molecule has 4 N–H and O–H groups in total. The van der Waals surface area contributed by atoms with Crippen molar-refractivity contribution >= 4 is 10.8 Å². The van der Waals surface area contributed by atoms with Gasteiger partial charge in [-0.1, -0.05) is 24.3 Å². The van der Waals surface area contributed by atoms with Crippen molar-refractivity contribution in [3.8, 4) is 28.4 Å². The summed E-state index contributed by atoms with van der Waals surface area (Å²) in [7, 11) is 1.53. The molecule has 0 fully saturated rings. The van der Waals surface area contributed by atoms with Crippen LogP contribution in [0.2, 0.25) is 0 Å². The second-order valence-electron chi connectivity index (χ2n) is 7.50. The van der Waals surface area contributed by atoms with Crippen molar-refractivity contribution in [1.82, 2.24) is 5.32 Å². The van der Waals surface area contributed by atoms with E-state index in [1.165, 1.54) is 7.11 Å². The lowest BCUT2D eigenvalue weighted by Gasteiger charge is -2.31. The van der Waals surface area contributed by atoms with Crippen LogP contribution in [-0.4, -0.2) is 28.5 Å². The van der Waals surface area contributed by atoms with Gasteiger partial charge in [0.05, 0.1) is 19.1 Å². The van der Waals surface area contributed by atoms with Gasteiger partial charge in [0.15, 0.2) is 0 Å². The number of fused-ring (bicyclic) bond motifs is 2. The molecule has 3 aromatic rings. The van der Waals surface area contributed by atoms with E-state index >= 15 is 0 Å². The standard InChI is InChI=1S/C23H25NO4/c1-12-9-14-7-8-17(23(27)20(14)13(2)24-12)21-15(11-25)10-19(28-3)22-16(21)5-4-6-18(22)26/h4-8,10,12-13,24-27H,9,11H2,1-3H3/t12-,13-/m1/s1. The van der Waals surface area contributed by atoms with Crippen LogP contribution in [0, 0.1) is 0 Å². The monoisotopic (exact) mass is 379 g/mol. The number of ether oxygens (including phenoxy) is 1. The quantitative estimate of drug-likeness (QED) is 0.553. The second kappa shape index (κ2) is 7.00. The van der Waals surface area contributed by atoms with Crippen LogP contribution < -0.4 is 10.1 Å². The zero-order chi connectivity index (χ0) is 20.0. The largest absolute Gasteiger partial charge is 0.507 e. The lowest BCUT2D eigenvalue weighted by atomic mass is 9.85. The van der Waals surface area contributed by atoms with Crippen molar-refractivity contribution in [2.45, 2.75) is 39.0 Å². The molecule has 0 bridgehead atoms. The predicted molar refractivity (Wildman–Crippen MR) is 110 cm³/mol. The fourth-order valence-electron chi connectivity index (χ4n) is 4.50. The van der Waals surface area contributed by atoms with Crippen LogP contribution in [-0.2, 0) is 13.0 Å². The van der Waals surface area contributed by atoms with Crippen LogP contribution in [0.5, 0.6) is 17.2 Å². The van der Waals surface area contributed by atoms with Crippen LogP contribution in [0.25, 0.3) is 21.9 Å². The molecule has 5 heteroatoms. The highest BCUT2D eigenvalue weighted by molar-refractivity contribution is 6.05. The molecule has 0 aromatic heterocycles. The summed E-state index contributed by atoms with van der Waals surface area (Å²) in [6.45, 7) is 3.97. The van der Waals surface area contributed by atoms with Gasteiger partial charge in [-0.2, -0.15) is 0 Å². The lowest BCUT2D eigenvalue weighted by Crippen LogP contribution is -2.36. The van der Waals surface area contributed by atoms with Crippen molar-refractivity contribution in [3.05, 3.63) is 53.1 Å². The van der Waals surface area contributed by atoms with E-state index in [4.69, 9.17) is 4.74 Å². The van der Waals surface area contributed by atoms with Crippen molar-refractivity contribution in [2.75, 3.05) is 7.11 Å². The topological polar surface area (TPSA) is 82.0 Å². The van der Waals surface area contributed by atoms with E-state index < -0.39 is 0 Å². The summed E-state index contributed by atoms with van der Waals surface area (Å²) in [6.07, 6.45) is 0.852. The summed E-state index contributed by atoms with van der Waals surface area (Å²) < 4.78 is 5.45. The summed E-state index contributed by atoms with van der Waals surface area (Å²) >= 11 is 0. The number of hydrogen-bond donors (Lipinski definition) is 4. The van der Waals surface area contributed by atoms with E-state index in [1.54, 1.807) is 18.2 Å². The molecule has 0 radical (unpaired) electrons. The summed E-state index contributed by atoms with van der Waals surface area (Å²) in [5.41, 5.74) is 4.01. The van der Waals surface area contributed by atoms with Gasteiger partial charge in [0.2, 0.25) is 0 Å². The smallest absolute Gasteiger partial charge is 0.130 e. The van der Waals surface area contributed by atoms with Crippen molar-refractivity contribution in [1.29, 1.82) is 0 Å². The number of aliphatic hydroxyl groups excluding tert-OH is 1. The minimum atomic E-state index is -0.210. The van der Waals surface area contributed by atoms with Gasteiger partial charge in [-0.05, 0) is 54.5 Å². The molecular weight excluding hydrogens is 354 g/mol. The summed E-state index contributed by atoms with van der Waals surface area (Å²) in [5.74, 6) is 0.803. The molecule has 0 saturated heterocycles. The fourth-order valence-corrected chi connectivity index (χ4v) is 4.50. The molecule has 0 unspecified atom stereocenters. The van der Waals surface area contributed by atoms with Gasteiger partial charge < -0.3 is 25.4 Å². The SMILES string of the molecule is COc1cc(CO)c(-c2ccc3c(c2O)[C@@H](C)N[C@H](C)C3)c2cccc(O)c12. The Bertz CT molecular complexity index is 1060. The van der Waals surface area contributed by atoms with Crippen LogP contribution in [0.3, 0.4) is 0 Å². The van der Waals surface area contributed by atoms with Crippen LogP contribution in [0.1, 0.15) is 36.6 Å². The third kappa shape index (κ3) is 2.79. The van der Waals surface area contributed by atoms with Crippen LogP contribution >= 0.6 is 0 Å². The molecule has 0 aliphatic carbocycles. The van der Waals surface area contributed by atoms with E-state index in [-0.39, 0.29) is 24.1 Å². The third-order valence-electron chi connectivity index (χ3n) is 5.65. The maximum atomic E-state index is 11.2. The Balaban J connectivity index is 2.06. The van der Waals surface area contributed by atoms with Crippen molar-refractivity contribution in [3.63, 3.8) is 0 Å². The van der Waals surface area contributed by atoms with Crippen LogP contribution in [0.4, 0.5) is 0 Å². The summed E-state index contributed by atoms with van der Waals surface area (Å²) in [6, 6.07) is 11.3. The van der Waals surface area contributed by atoms with Gasteiger partial charge in [-0.3, -0.25) is 0 Å². The number of phenolic OH excluding ortho intramolecular Hbond substituents is 2. The van der Waals surface area contributed by atoms with E-state index in [0.717, 1.165) is 22.9 Å². The fraction of sp³-hybridized carbons (Fsp3) is 0.304. The third-order valence-corrected chi connectivity index (χ3v) is 5.65. The first-order valence-electron chi connectivity index (χ1n) is 9.49. The Hall–Kier alpha value is -2.76. The van der Waals surface area contributed by atoms with Gasteiger partial charge in [0, 0.05) is 23.2 Å². The lowest BCUT2D eigenvalue weighted by molar-refractivity contribution is 0.281. The van der Waals surface area contributed by atoms with Crippen molar-refractivity contribution in [2.24, 2.45) is 0 Å². The van der Waals surface area contributed by atoms with Gasteiger partial charge in [0.1, 0.15) is 17.2 Å². The number of rotatable bonds is 3. The van der Waals surface area contributed by atoms with Crippen LogP contribution in [0.15, 0.2) is 36.4 Å². The average molecular weight is 379 g/mol. The molecule has 5 nitrogen and oxygen atoms in total. The number of phenols is 2. The highest BCUT2D eigenvalue weighted by Crippen LogP contribution is 2.46. The molecule has 3 aromatic carbocycles. The van der Waals surface area contributed by atoms with E-state index in [0.29, 0.717) is 33.9 Å². The Morgan fingerprint density at radius 2 is 1.93 bits per heavy atom. The van der Waals surface area contributed by atoms with Gasteiger partial charge in [-0.15, -0.1) is 0 Å². The maximum absolute atomic E-state index is 11.2. The minimum absolute atomic E-state index is 0.0224. The summed E-state index contributed by atoms with van der Waals surface area (Å²) in [5, 5.41) is 36.4. The van der Waals surface area contributed by atoms with Crippen molar-refractivity contribution < 1.29 is 20.1 Å². The Morgan fingerprint density at radius 3 is 2.64 bits per heavy atom. The Morgan fingerprint density at radius 1 is 1.14 bits per heavy atom. The molecular formula is C23H25NO4.